The molecule has 0 spiro atoms. The van der Waals surface area contributed by atoms with Crippen LogP contribution in [-0.2, 0) is 6.54 Å². The number of piperazine rings is 1. The lowest BCUT2D eigenvalue weighted by Gasteiger charge is -2.34. The Morgan fingerprint density at radius 2 is 1.50 bits per heavy atom. The Morgan fingerprint density at radius 1 is 0.808 bits per heavy atom. The number of carbonyl (C=O) groups excluding carboxylic acids is 1. The molecule has 4 heteroatoms. The Hall–Kier alpha value is -2.85. The summed E-state index contributed by atoms with van der Waals surface area (Å²) in [5.41, 5.74) is 2.17. The highest BCUT2D eigenvalue weighted by Gasteiger charge is 2.21. The van der Waals surface area contributed by atoms with Gasteiger partial charge in [0.05, 0.1) is 0 Å². The number of urea groups is 1. The first-order valence-electron chi connectivity index (χ1n) is 9.09. The van der Waals surface area contributed by atoms with Crippen LogP contribution in [0.4, 0.5) is 10.5 Å². The summed E-state index contributed by atoms with van der Waals surface area (Å²) in [6.45, 7) is 4.26. The van der Waals surface area contributed by atoms with Gasteiger partial charge in [0.1, 0.15) is 0 Å². The smallest absolute Gasteiger partial charge is 0.321 e. The maximum atomic E-state index is 12.6. The van der Waals surface area contributed by atoms with E-state index in [9.17, 15) is 4.79 Å². The molecule has 0 saturated carbocycles. The lowest BCUT2D eigenvalue weighted by Crippen LogP contribution is -2.49. The zero-order valence-corrected chi connectivity index (χ0v) is 14.8. The third-order valence-electron chi connectivity index (χ3n) is 4.91. The largest absolute Gasteiger partial charge is 0.322 e. The Morgan fingerprint density at radius 3 is 2.27 bits per heavy atom. The van der Waals surface area contributed by atoms with Crippen molar-refractivity contribution in [3.63, 3.8) is 0 Å². The van der Waals surface area contributed by atoms with Gasteiger partial charge in [-0.05, 0) is 28.5 Å². The molecular weight excluding hydrogens is 322 g/mol. The third-order valence-corrected chi connectivity index (χ3v) is 4.91. The zero-order chi connectivity index (χ0) is 17.8. The van der Waals surface area contributed by atoms with Gasteiger partial charge in [-0.2, -0.15) is 0 Å². The van der Waals surface area contributed by atoms with Crippen molar-refractivity contribution >= 4 is 22.5 Å². The molecule has 1 heterocycles. The summed E-state index contributed by atoms with van der Waals surface area (Å²) in [5, 5.41) is 5.35. The Kier molecular flexibility index (Phi) is 4.84. The molecule has 1 aliphatic heterocycles. The SMILES string of the molecule is O=C(Nc1ccc2ccccc2c1)N1CCN(Cc2ccccc2)CC1. The lowest BCUT2D eigenvalue weighted by atomic mass is 10.1. The van der Waals surface area contributed by atoms with Crippen LogP contribution in [0.3, 0.4) is 0 Å². The molecule has 2 amide bonds. The van der Waals surface area contributed by atoms with Gasteiger partial charge in [0.15, 0.2) is 0 Å². The number of nitrogens with zero attached hydrogens (tertiary/aromatic N) is 2. The predicted molar refractivity (Wildman–Crippen MR) is 106 cm³/mol. The van der Waals surface area contributed by atoms with Crippen LogP contribution in [0.15, 0.2) is 72.8 Å². The predicted octanol–water partition coefficient (Wildman–Crippen LogP) is 4.19. The third kappa shape index (κ3) is 3.86. The summed E-state index contributed by atoms with van der Waals surface area (Å²) in [7, 11) is 0. The van der Waals surface area contributed by atoms with Gasteiger partial charge < -0.3 is 10.2 Å². The molecule has 0 radical (unpaired) electrons. The number of anilines is 1. The highest BCUT2D eigenvalue weighted by atomic mass is 16.2. The molecular formula is C22H23N3O. The fraction of sp³-hybridized carbons (Fsp3) is 0.227. The molecule has 1 N–H and O–H groups in total. The highest BCUT2D eigenvalue weighted by Crippen LogP contribution is 2.19. The summed E-state index contributed by atoms with van der Waals surface area (Å²) in [6.07, 6.45) is 0. The minimum Gasteiger partial charge on any atom is -0.322 e. The lowest BCUT2D eigenvalue weighted by molar-refractivity contribution is 0.143. The maximum Gasteiger partial charge on any atom is 0.321 e. The van der Waals surface area contributed by atoms with Crippen LogP contribution in [0.25, 0.3) is 10.8 Å². The van der Waals surface area contributed by atoms with E-state index in [1.54, 1.807) is 0 Å². The van der Waals surface area contributed by atoms with E-state index in [1.165, 1.54) is 10.9 Å². The van der Waals surface area contributed by atoms with Crippen molar-refractivity contribution in [1.29, 1.82) is 0 Å². The second-order valence-electron chi connectivity index (χ2n) is 6.74. The standard InChI is InChI=1S/C22H23N3O/c26-22(23-21-11-10-19-8-4-5-9-20(19)16-21)25-14-12-24(13-15-25)17-18-6-2-1-3-7-18/h1-11,16H,12-15,17H2,(H,23,26). The Labute approximate surface area is 154 Å². The Bertz CT molecular complexity index is 886. The minimum atomic E-state index is -0.0142. The normalized spacial score (nSPS) is 15.2. The number of hydrogen-bond acceptors (Lipinski definition) is 2. The van der Waals surface area contributed by atoms with Gasteiger partial charge in [-0.1, -0.05) is 60.7 Å². The van der Waals surface area contributed by atoms with Gasteiger partial charge in [0.2, 0.25) is 0 Å². The number of benzene rings is 3. The molecule has 0 aliphatic carbocycles. The fourth-order valence-electron chi connectivity index (χ4n) is 3.42. The molecule has 1 aliphatic rings. The summed E-state index contributed by atoms with van der Waals surface area (Å²) < 4.78 is 0. The quantitative estimate of drug-likeness (QED) is 0.772. The second-order valence-corrected chi connectivity index (χ2v) is 6.74. The number of carbonyl (C=O) groups is 1. The molecule has 4 rings (SSSR count). The summed E-state index contributed by atoms with van der Waals surface area (Å²) in [6, 6.07) is 24.7. The molecule has 1 fully saturated rings. The molecule has 3 aromatic rings. The zero-order valence-electron chi connectivity index (χ0n) is 14.8. The van der Waals surface area contributed by atoms with Crippen LogP contribution in [0.5, 0.6) is 0 Å². The van der Waals surface area contributed by atoms with Gasteiger partial charge in [0, 0.05) is 38.4 Å². The molecule has 132 valence electrons. The fourth-order valence-corrected chi connectivity index (χ4v) is 3.42. The van der Waals surface area contributed by atoms with E-state index in [1.807, 2.05) is 41.3 Å². The van der Waals surface area contributed by atoms with Crippen molar-refractivity contribution in [2.24, 2.45) is 0 Å². The summed E-state index contributed by atoms with van der Waals surface area (Å²) in [5.74, 6) is 0. The maximum absolute atomic E-state index is 12.6. The van der Waals surface area contributed by atoms with E-state index in [-0.39, 0.29) is 6.03 Å². The molecule has 4 nitrogen and oxygen atoms in total. The van der Waals surface area contributed by atoms with Crippen molar-refractivity contribution in [3.8, 4) is 0 Å². The van der Waals surface area contributed by atoms with Crippen molar-refractivity contribution < 1.29 is 4.79 Å². The number of nitrogens with one attached hydrogen (secondary N) is 1. The van der Waals surface area contributed by atoms with E-state index in [0.29, 0.717) is 0 Å². The number of rotatable bonds is 3. The first-order chi connectivity index (χ1) is 12.8. The van der Waals surface area contributed by atoms with Crippen LogP contribution in [-0.4, -0.2) is 42.0 Å². The minimum absolute atomic E-state index is 0.0142. The van der Waals surface area contributed by atoms with Crippen LogP contribution in [0.2, 0.25) is 0 Å². The second kappa shape index (κ2) is 7.58. The van der Waals surface area contributed by atoms with E-state index >= 15 is 0 Å². The van der Waals surface area contributed by atoms with E-state index in [4.69, 9.17) is 0 Å². The number of amides is 2. The molecule has 1 saturated heterocycles. The van der Waals surface area contributed by atoms with Crippen LogP contribution in [0.1, 0.15) is 5.56 Å². The first-order valence-corrected chi connectivity index (χ1v) is 9.09. The number of fused-ring (bicyclic) bond motifs is 1. The van der Waals surface area contributed by atoms with Gasteiger partial charge in [-0.15, -0.1) is 0 Å². The molecule has 0 atom stereocenters. The number of hydrogen-bond donors (Lipinski definition) is 1. The van der Waals surface area contributed by atoms with Crippen molar-refractivity contribution in [1.82, 2.24) is 9.80 Å². The van der Waals surface area contributed by atoms with E-state index in [0.717, 1.165) is 43.8 Å². The van der Waals surface area contributed by atoms with Crippen molar-refractivity contribution in [3.05, 3.63) is 78.4 Å². The Balaban J connectivity index is 1.33. The molecule has 0 bridgehead atoms. The molecule has 3 aromatic carbocycles. The topological polar surface area (TPSA) is 35.6 Å². The summed E-state index contributed by atoms with van der Waals surface area (Å²) >= 11 is 0. The van der Waals surface area contributed by atoms with E-state index < -0.39 is 0 Å². The van der Waals surface area contributed by atoms with Gasteiger partial charge >= 0.3 is 6.03 Å². The first kappa shape index (κ1) is 16.6. The highest BCUT2D eigenvalue weighted by molar-refractivity contribution is 5.93. The molecule has 26 heavy (non-hydrogen) atoms. The average molecular weight is 345 g/mol. The molecule has 0 unspecified atom stereocenters. The monoisotopic (exact) mass is 345 g/mol. The van der Waals surface area contributed by atoms with E-state index in [2.05, 4.69) is 46.6 Å². The molecule has 0 aromatic heterocycles. The van der Waals surface area contributed by atoms with Crippen molar-refractivity contribution in [2.75, 3.05) is 31.5 Å². The average Bonchev–Trinajstić information content (AvgIpc) is 2.69. The van der Waals surface area contributed by atoms with Crippen LogP contribution in [0, 0.1) is 0 Å². The van der Waals surface area contributed by atoms with Crippen LogP contribution >= 0.6 is 0 Å². The van der Waals surface area contributed by atoms with Gasteiger partial charge in [0.25, 0.3) is 0 Å². The van der Waals surface area contributed by atoms with Crippen molar-refractivity contribution in [2.45, 2.75) is 6.54 Å². The van der Waals surface area contributed by atoms with Crippen LogP contribution < -0.4 is 5.32 Å². The van der Waals surface area contributed by atoms with Gasteiger partial charge in [-0.25, -0.2) is 4.79 Å². The van der Waals surface area contributed by atoms with Gasteiger partial charge in [-0.3, -0.25) is 4.90 Å². The summed E-state index contributed by atoms with van der Waals surface area (Å²) in [4.78, 5) is 16.9.